The van der Waals surface area contributed by atoms with Crippen LogP contribution in [-0.2, 0) is 14.3 Å². The molecule has 0 radical (unpaired) electrons. The molecule has 0 bridgehead atoms. The van der Waals surface area contributed by atoms with Gasteiger partial charge in [-0.1, -0.05) is 0 Å². The van der Waals surface area contributed by atoms with Crippen molar-refractivity contribution in [3.05, 3.63) is 44.8 Å². The van der Waals surface area contributed by atoms with Crippen LogP contribution in [0.1, 0.15) is 12.5 Å². The van der Waals surface area contributed by atoms with Gasteiger partial charge in [0.15, 0.2) is 0 Å². The molecule has 1 fully saturated rings. The van der Waals surface area contributed by atoms with Gasteiger partial charge in [-0.3, -0.25) is 29.4 Å². The van der Waals surface area contributed by atoms with Crippen LogP contribution in [0.2, 0.25) is 0 Å². The van der Waals surface area contributed by atoms with Gasteiger partial charge in [0.2, 0.25) is 0 Å². The molecule has 0 N–H and O–H groups in total. The van der Waals surface area contributed by atoms with Crippen molar-refractivity contribution in [1.29, 1.82) is 0 Å². The largest absolute Gasteiger partial charge is 0.465 e. The van der Waals surface area contributed by atoms with E-state index in [0.717, 1.165) is 4.90 Å². The second kappa shape index (κ2) is 7.05. The SMILES string of the molecule is CCOC(=O)CN1C(=O)S/C(=C\c2ccc([N+](=O)[O-])cc2)C1=O. The lowest BCUT2D eigenvalue weighted by molar-refractivity contribution is -0.384. The molecule has 0 atom stereocenters. The zero-order chi connectivity index (χ0) is 17.0. The Morgan fingerprint density at radius 3 is 2.57 bits per heavy atom. The number of nitro groups is 1. The van der Waals surface area contributed by atoms with Crippen LogP contribution in [0.5, 0.6) is 0 Å². The fourth-order valence-electron chi connectivity index (χ4n) is 1.82. The Hall–Kier alpha value is -2.68. The third kappa shape index (κ3) is 3.95. The van der Waals surface area contributed by atoms with Crippen molar-refractivity contribution in [3.8, 4) is 0 Å². The van der Waals surface area contributed by atoms with Crippen LogP contribution in [-0.4, -0.2) is 40.1 Å². The normalized spacial score (nSPS) is 16.0. The van der Waals surface area contributed by atoms with E-state index in [2.05, 4.69) is 0 Å². The number of thioether (sulfide) groups is 1. The zero-order valence-electron chi connectivity index (χ0n) is 12.1. The second-order valence-corrected chi connectivity index (χ2v) is 5.41. The van der Waals surface area contributed by atoms with Gasteiger partial charge in [0.25, 0.3) is 16.8 Å². The number of imide groups is 1. The number of nitrogens with zero attached hydrogens (tertiary/aromatic N) is 2. The van der Waals surface area contributed by atoms with E-state index in [0.29, 0.717) is 17.3 Å². The molecule has 0 spiro atoms. The number of rotatable bonds is 5. The average Bonchev–Trinajstić information content (AvgIpc) is 2.76. The number of non-ortho nitro benzene ring substituents is 1. The summed E-state index contributed by atoms with van der Waals surface area (Å²) in [5.74, 6) is -1.25. The number of ether oxygens (including phenoxy) is 1. The summed E-state index contributed by atoms with van der Waals surface area (Å²) >= 11 is 0.704. The lowest BCUT2D eigenvalue weighted by Gasteiger charge is -2.10. The van der Waals surface area contributed by atoms with Gasteiger partial charge in [0, 0.05) is 12.1 Å². The lowest BCUT2D eigenvalue weighted by Crippen LogP contribution is -2.34. The number of esters is 1. The van der Waals surface area contributed by atoms with Crippen molar-refractivity contribution >= 4 is 40.6 Å². The van der Waals surface area contributed by atoms with E-state index in [1.54, 1.807) is 6.92 Å². The van der Waals surface area contributed by atoms with Gasteiger partial charge < -0.3 is 4.74 Å². The number of hydrogen-bond donors (Lipinski definition) is 0. The minimum absolute atomic E-state index is 0.0717. The fourth-order valence-corrected chi connectivity index (χ4v) is 2.65. The van der Waals surface area contributed by atoms with Crippen LogP contribution in [0.3, 0.4) is 0 Å². The predicted molar refractivity (Wildman–Crippen MR) is 82.4 cm³/mol. The summed E-state index contributed by atoms with van der Waals surface area (Å²) in [6.07, 6.45) is 1.44. The molecule has 1 aromatic rings. The van der Waals surface area contributed by atoms with Gasteiger partial charge in [-0.05, 0) is 42.5 Å². The van der Waals surface area contributed by atoms with Crippen LogP contribution < -0.4 is 0 Å². The van der Waals surface area contributed by atoms with Crippen molar-refractivity contribution in [2.45, 2.75) is 6.92 Å². The first-order chi connectivity index (χ1) is 10.9. The molecule has 1 saturated heterocycles. The van der Waals surface area contributed by atoms with E-state index in [9.17, 15) is 24.5 Å². The summed E-state index contributed by atoms with van der Waals surface area (Å²) in [4.78, 5) is 46.3. The molecular formula is C14H12N2O6S. The minimum atomic E-state index is -0.661. The summed E-state index contributed by atoms with van der Waals surface area (Å²) in [6, 6.07) is 5.54. The molecule has 9 heteroatoms. The molecule has 0 unspecified atom stereocenters. The van der Waals surface area contributed by atoms with Crippen molar-refractivity contribution in [1.82, 2.24) is 4.90 Å². The van der Waals surface area contributed by atoms with Gasteiger partial charge in [0.1, 0.15) is 6.54 Å². The highest BCUT2D eigenvalue weighted by Gasteiger charge is 2.36. The first-order valence-electron chi connectivity index (χ1n) is 6.57. The van der Waals surface area contributed by atoms with Crippen LogP contribution in [0, 0.1) is 10.1 Å². The molecular weight excluding hydrogens is 324 g/mol. The molecule has 23 heavy (non-hydrogen) atoms. The quantitative estimate of drug-likeness (QED) is 0.351. The lowest BCUT2D eigenvalue weighted by atomic mass is 10.2. The smallest absolute Gasteiger partial charge is 0.326 e. The summed E-state index contributed by atoms with van der Waals surface area (Å²) < 4.78 is 4.71. The molecule has 0 aromatic heterocycles. The number of hydrogen-bond acceptors (Lipinski definition) is 7. The van der Waals surface area contributed by atoms with Crippen molar-refractivity contribution in [2.24, 2.45) is 0 Å². The molecule has 2 rings (SSSR count). The Morgan fingerprint density at radius 2 is 2.00 bits per heavy atom. The molecule has 0 saturated carbocycles. The van der Waals surface area contributed by atoms with Gasteiger partial charge in [-0.15, -0.1) is 0 Å². The average molecular weight is 336 g/mol. The van der Waals surface area contributed by atoms with Gasteiger partial charge >= 0.3 is 5.97 Å². The van der Waals surface area contributed by atoms with E-state index < -0.39 is 28.6 Å². The molecule has 1 heterocycles. The Morgan fingerprint density at radius 1 is 1.35 bits per heavy atom. The van der Waals surface area contributed by atoms with Crippen LogP contribution in [0.15, 0.2) is 29.2 Å². The standard InChI is InChI=1S/C14H12N2O6S/c1-2-22-12(17)8-15-13(18)11(23-14(15)19)7-9-3-5-10(6-4-9)16(20)21/h3-7H,2,8H2,1H3/b11-7-. The van der Waals surface area contributed by atoms with Gasteiger partial charge in [-0.2, -0.15) is 0 Å². The Labute approximate surface area is 135 Å². The first kappa shape index (κ1) is 16.7. The monoisotopic (exact) mass is 336 g/mol. The summed E-state index contributed by atoms with van der Waals surface area (Å²) in [5, 5.41) is 10.0. The Bertz CT molecular complexity index is 698. The first-order valence-corrected chi connectivity index (χ1v) is 7.39. The highest BCUT2D eigenvalue weighted by Crippen LogP contribution is 2.32. The van der Waals surface area contributed by atoms with E-state index in [4.69, 9.17) is 4.74 Å². The second-order valence-electron chi connectivity index (χ2n) is 4.42. The number of nitro benzene ring substituents is 1. The number of benzene rings is 1. The summed E-state index contributed by atoms with van der Waals surface area (Å²) in [7, 11) is 0. The maximum Gasteiger partial charge on any atom is 0.326 e. The molecule has 1 aliphatic rings. The van der Waals surface area contributed by atoms with Crippen LogP contribution >= 0.6 is 11.8 Å². The summed E-state index contributed by atoms with van der Waals surface area (Å²) in [5.41, 5.74) is 0.467. The van der Waals surface area contributed by atoms with E-state index in [-0.39, 0.29) is 17.2 Å². The third-order valence-electron chi connectivity index (χ3n) is 2.87. The Balaban J connectivity index is 2.14. The molecule has 1 aromatic carbocycles. The van der Waals surface area contributed by atoms with Crippen molar-refractivity contribution < 1.29 is 24.0 Å². The summed E-state index contributed by atoms with van der Waals surface area (Å²) in [6.45, 7) is 1.35. The Kier molecular flexibility index (Phi) is 5.12. The molecule has 2 amide bonds. The predicted octanol–water partition coefficient (Wildman–Crippen LogP) is 2.19. The number of amides is 2. The maximum absolute atomic E-state index is 12.1. The number of carbonyl (C=O) groups is 3. The van der Waals surface area contributed by atoms with Crippen molar-refractivity contribution in [2.75, 3.05) is 13.2 Å². The van der Waals surface area contributed by atoms with Crippen LogP contribution in [0.4, 0.5) is 10.5 Å². The molecule has 0 aliphatic carbocycles. The van der Waals surface area contributed by atoms with E-state index in [1.165, 1.54) is 30.3 Å². The van der Waals surface area contributed by atoms with Crippen LogP contribution in [0.25, 0.3) is 6.08 Å². The highest BCUT2D eigenvalue weighted by molar-refractivity contribution is 8.18. The fraction of sp³-hybridized carbons (Fsp3) is 0.214. The zero-order valence-corrected chi connectivity index (χ0v) is 12.9. The van der Waals surface area contributed by atoms with Crippen molar-refractivity contribution in [3.63, 3.8) is 0 Å². The van der Waals surface area contributed by atoms with Gasteiger partial charge in [0.05, 0.1) is 16.4 Å². The van der Waals surface area contributed by atoms with Gasteiger partial charge in [-0.25, -0.2) is 0 Å². The molecule has 120 valence electrons. The van der Waals surface area contributed by atoms with E-state index in [1.807, 2.05) is 0 Å². The topological polar surface area (TPSA) is 107 Å². The molecule has 1 aliphatic heterocycles. The minimum Gasteiger partial charge on any atom is -0.465 e. The maximum atomic E-state index is 12.1. The van der Waals surface area contributed by atoms with E-state index >= 15 is 0 Å². The highest BCUT2D eigenvalue weighted by atomic mass is 32.2. The number of carbonyl (C=O) groups excluding carboxylic acids is 3. The third-order valence-corrected chi connectivity index (χ3v) is 3.78. The molecule has 8 nitrogen and oxygen atoms in total.